The maximum atomic E-state index is 14.6. The molecule has 0 saturated heterocycles. The van der Waals surface area contributed by atoms with Crippen LogP contribution in [0.1, 0.15) is 56.1 Å². The van der Waals surface area contributed by atoms with E-state index in [0.29, 0.717) is 12.0 Å². The lowest BCUT2D eigenvalue weighted by Crippen LogP contribution is -2.05. The van der Waals surface area contributed by atoms with Crippen molar-refractivity contribution in [1.82, 2.24) is 0 Å². The van der Waals surface area contributed by atoms with Crippen molar-refractivity contribution in [3.05, 3.63) is 64.7 Å². The van der Waals surface area contributed by atoms with Crippen LogP contribution in [-0.4, -0.2) is 6.10 Å². The first kappa shape index (κ1) is 17.5. The third-order valence-corrected chi connectivity index (χ3v) is 4.06. The Balaban J connectivity index is 2.07. The van der Waals surface area contributed by atoms with Crippen LogP contribution in [0.15, 0.2) is 42.5 Å². The van der Waals surface area contributed by atoms with Crippen molar-refractivity contribution in [2.45, 2.75) is 59.2 Å². The summed E-state index contributed by atoms with van der Waals surface area (Å²) in [5.74, 6) is 0.788. The van der Waals surface area contributed by atoms with Gasteiger partial charge in [-0.3, -0.25) is 0 Å². The maximum Gasteiger partial charge on any atom is 0.129 e. The van der Waals surface area contributed by atoms with Crippen molar-refractivity contribution in [1.29, 1.82) is 0 Å². The van der Waals surface area contributed by atoms with Gasteiger partial charge >= 0.3 is 0 Å². The second-order valence-corrected chi connectivity index (χ2v) is 6.22. The fraction of sp³-hybridized carbons (Fsp3) is 0.429. The molecule has 0 fully saturated rings. The van der Waals surface area contributed by atoms with Gasteiger partial charge in [-0.15, -0.1) is 0 Å². The van der Waals surface area contributed by atoms with Crippen LogP contribution >= 0.6 is 0 Å². The minimum Gasteiger partial charge on any atom is -0.491 e. The zero-order valence-corrected chi connectivity index (χ0v) is 14.6. The molecule has 0 bridgehead atoms. The first-order valence-corrected chi connectivity index (χ1v) is 8.54. The molecule has 0 radical (unpaired) electrons. The molecule has 0 amide bonds. The van der Waals surface area contributed by atoms with Crippen LogP contribution in [0.4, 0.5) is 4.39 Å². The lowest BCUT2D eigenvalue weighted by atomic mass is 9.96. The Kier molecular flexibility index (Phi) is 6.20. The Labute approximate surface area is 139 Å². The summed E-state index contributed by atoms with van der Waals surface area (Å²) in [6.45, 7) is 8.28. The van der Waals surface area contributed by atoms with E-state index in [-0.39, 0.29) is 6.10 Å². The van der Waals surface area contributed by atoms with Crippen molar-refractivity contribution >= 4 is 0 Å². The number of aryl methyl sites for hydroxylation is 2. The fourth-order valence-electron chi connectivity index (χ4n) is 2.83. The number of halogens is 1. The zero-order valence-electron chi connectivity index (χ0n) is 14.6. The number of hydrogen-bond donors (Lipinski definition) is 0. The number of ether oxygens (including phenoxy) is 1. The van der Waals surface area contributed by atoms with Crippen molar-refractivity contribution in [2.75, 3.05) is 0 Å². The molecule has 2 aromatic rings. The molecular formula is C21H27FO. The Bertz CT molecular complexity index is 616. The zero-order chi connectivity index (χ0) is 16.8. The normalized spacial score (nSPS) is 12.4. The van der Waals surface area contributed by atoms with Crippen LogP contribution < -0.4 is 4.74 Å². The molecule has 2 heteroatoms. The molecule has 124 valence electrons. The smallest absolute Gasteiger partial charge is 0.129 e. The maximum absolute atomic E-state index is 14.6. The minimum absolute atomic E-state index is 0.131. The topological polar surface area (TPSA) is 9.23 Å². The molecule has 0 spiro atoms. The first-order valence-electron chi connectivity index (χ1n) is 8.54. The number of benzene rings is 2. The summed E-state index contributed by atoms with van der Waals surface area (Å²) >= 11 is 0. The van der Waals surface area contributed by atoms with E-state index in [2.05, 4.69) is 32.0 Å². The summed E-state index contributed by atoms with van der Waals surface area (Å²) in [7, 11) is 0. The highest BCUT2D eigenvalue weighted by Gasteiger charge is 2.12. The molecule has 0 aromatic heterocycles. The Hall–Kier alpha value is -1.83. The summed E-state index contributed by atoms with van der Waals surface area (Å²) < 4.78 is 20.2. The van der Waals surface area contributed by atoms with E-state index in [9.17, 15) is 4.39 Å². The molecule has 1 atom stereocenters. The number of rotatable bonds is 7. The van der Waals surface area contributed by atoms with Crippen LogP contribution in [0.2, 0.25) is 0 Å². The van der Waals surface area contributed by atoms with Crippen LogP contribution in [0, 0.1) is 0 Å². The van der Waals surface area contributed by atoms with Crippen molar-refractivity contribution in [3.8, 4) is 5.75 Å². The Morgan fingerprint density at radius 2 is 1.57 bits per heavy atom. The Morgan fingerprint density at radius 3 is 2.13 bits per heavy atom. The molecule has 0 aliphatic carbocycles. The molecule has 0 heterocycles. The van der Waals surface area contributed by atoms with E-state index in [1.165, 1.54) is 11.1 Å². The predicted molar refractivity (Wildman–Crippen MR) is 95.0 cm³/mol. The van der Waals surface area contributed by atoms with Gasteiger partial charge in [0.05, 0.1) is 6.10 Å². The largest absolute Gasteiger partial charge is 0.491 e. The second kappa shape index (κ2) is 8.14. The molecule has 0 saturated carbocycles. The van der Waals surface area contributed by atoms with Crippen LogP contribution in [0.5, 0.6) is 5.75 Å². The summed E-state index contributed by atoms with van der Waals surface area (Å²) in [5.41, 5.74) is 4.47. The van der Waals surface area contributed by atoms with E-state index in [0.717, 1.165) is 24.2 Å². The summed E-state index contributed by atoms with van der Waals surface area (Å²) in [5, 5.41) is 0. The monoisotopic (exact) mass is 314 g/mol. The van der Waals surface area contributed by atoms with Gasteiger partial charge in [-0.2, -0.15) is 0 Å². The van der Waals surface area contributed by atoms with Gasteiger partial charge in [0.15, 0.2) is 0 Å². The van der Waals surface area contributed by atoms with E-state index < -0.39 is 6.17 Å². The highest BCUT2D eigenvalue weighted by Crippen LogP contribution is 2.26. The third-order valence-electron chi connectivity index (χ3n) is 4.06. The summed E-state index contributed by atoms with van der Waals surface area (Å²) in [6, 6.07) is 13.7. The van der Waals surface area contributed by atoms with Gasteiger partial charge in [0, 0.05) is 6.42 Å². The molecule has 1 unspecified atom stereocenters. The molecular weight excluding hydrogens is 287 g/mol. The van der Waals surface area contributed by atoms with E-state index in [1.54, 1.807) is 0 Å². The van der Waals surface area contributed by atoms with Crippen LogP contribution in [0.3, 0.4) is 0 Å². The van der Waals surface area contributed by atoms with E-state index in [4.69, 9.17) is 4.74 Å². The van der Waals surface area contributed by atoms with Crippen LogP contribution in [0.25, 0.3) is 0 Å². The fourth-order valence-corrected chi connectivity index (χ4v) is 2.83. The highest BCUT2D eigenvalue weighted by atomic mass is 19.1. The quantitative estimate of drug-likeness (QED) is 0.622. The molecule has 2 aromatic carbocycles. The Morgan fingerprint density at radius 1 is 0.913 bits per heavy atom. The lowest BCUT2D eigenvalue weighted by Gasteiger charge is -2.13. The van der Waals surface area contributed by atoms with Gasteiger partial charge < -0.3 is 4.74 Å². The third kappa shape index (κ3) is 4.82. The SMILES string of the molecule is CCc1ccc(CC(F)c2ccc(OC(C)C)cc2)cc1CC. The van der Waals surface area contributed by atoms with Gasteiger partial charge in [0.1, 0.15) is 11.9 Å². The predicted octanol–water partition coefficient (Wildman–Crippen LogP) is 5.85. The number of alkyl halides is 1. The van der Waals surface area contributed by atoms with Gasteiger partial charge in [0.2, 0.25) is 0 Å². The minimum atomic E-state index is -0.986. The molecule has 0 aliphatic rings. The molecule has 1 nitrogen and oxygen atoms in total. The van der Waals surface area contributed by atoms with Gasteiger partial charge in [-0.1, -0.05) is 44.2 Å². The standard InChI is InChI=1S/C21H27FO/c1-5-17-8-7-16(13-18(17)6-2)14-21(22)19-9-11-20(12-10-19)23-15(3)4/h7-13,15,21H,5-6,14H2,1-4H3. The lowest BCUT2D eigenvalue weighted by molar-refractivity contribution is 0.242. The summed E-state index contributed by atoms with van der Waals surface area (Å²) in [6.07, 6.45) is 1.59. The molecule has 0 N–H and O–H groups in total. The van der Waals surface area contributed by atoms with Gasteiger partial charge in [-0.05, 0) is 61.1 Å². The highest BCUT2D eigenvalue weighted by molar-refractivity contribution is 5.34. The second-order valence-electron chi connectivity index (χ2n) is 6.22. The van der Waals surface area contributed by atoms with Crippen molar-refractivity contribution in [2.24, 2.45) is 0 Å². The molecule has 0 aliphatic heterocycles. The van der Waals surface area contributed by atoms with Gasteiger partial charge in [-0.25, -0.2) is 4.39 Å². The first-order chi connectivity index (χ1) is 11.0. The average Bonchev–Trinajstić information content (AvgIpc) is 2.54. The van der Waals surface area contributed by atoms with Crippen molar-refractivity contribution < 1.29 is 9.13 Å². The van der Waals surface area contributed by atoms with E-state index >= 15 is 0 Å². The average molecular weight is 314 g/mol. The van der Waals surface area contributed by atoms with Gasteiger partial charge in [0.25, 0.3) is 0 Å². The van der Waals surface area contributed by atoms with E-state index in [1.807, 2.05) is 38.1 Å². The number of hydrogen-bond acceptors (Lipinski definition) is 1. The molecule has 23 heavy (non-hydrogen) atoms. The van der Waals surface area contributed by atoms with Crippen LogP contribution in [-0.2, 0) is 19.3 Å². The molecule has 2 rings (SSSR count). The summed E-state index contributed by atoms with van der Waals surface area (Å²) in [4.78, 5) is 0. The van der Waals surface area contributed by atoms with Crippen molar-refractivity contribution in [3.63, 3.8) is 0 Å².